The van der Waals surface area contributed by atoms with Gasteiger partial charge in [0.1, 0.15) is 0 Å². The van der Waals surface area contributed by atoms with Crippen molar-refractivity contribution in [3.8, 4) is 0 Å². The van der Waals surface area contributed by atoms with Crippen LogP contribution in [0.4, 0.5) is 5.13 Å². The maximum atomic E-state index is 12.1. The van der Waals surface area contributed by atoms with Crippen LogP contribution in [0, 0.1) is 0 Å². The number of halogens is 1. The van der Waals surface area contributed by atoms with E-state index in [0.29, 0.717) is 35.7 Å². The highest BCUT2D eigenvalue weighted by Crippen LogP contribution is 2.43. The topological polar surface area (TPSA) is 45.7 Å². The molecule has 0 radical (unpaired) electrons. The Kier molecular flexibility index (Phi) is 7.40. The Hall–Kier alpha value is -1.37. The third-order valence-corrected chi connectivity index (χ3v) is 8.31. The Morgan fingerprint density at radius 2 is 2.03 bits per heavy atom. The first-order valence-electron chi connectivity index (χ1n) is 11.7. The highest BCUT2D eigenvalue weighted by Gasteiger charge is 2.43. The zero-order valence-electron chi connectivity index (χ0n) is 18.8. The van der Waals surface area contributed by atoms with E-state index in [1.54, 1.807) is 11.3 Å². The van der Waals surface area contributed by atoms with Crippen LogP contribution in [0.1, 0.15) is 69.2 Å². The summed E-state index contributed by atoms with van der Waals surface area (Å²) >= 11 is 8.16. The van der Waals surface area contributed by atoms with E-state index in [0.717, 1.165) is 41.2 Å². The van der Waals surface area contributed by atoms with Crippen LogP contribution in [0.5, 0.6) is 0 Å². The number of hydrogen-bond acceptors (Lipinski definition) is 6. The van der Waals surface area contributed by atoms with Crippen LogP contribution in [0.25, 0.3) is 10.2 Å². The second-order valence-corrected chi connectivity index (χ2v) is 10.6. The van der Waals surface area contributed by atoms with E-state index in [1.807, 2.05) is 25.1 Å². The predicted octanol–water partition coefficient (Wildman–Crippen LogP) is 5.70. The average molecular weight is 464 g/mol. The van der Waals surface area contributed by atoms with Crippen molar-refractivity contribution in [2.45, 2.75) is 82.3 Å². The lowest BCUT2D eigenvalue weighted by Crippen LogP contribution is -2.50. The van der Waals surface area contributed by atoms with Crippen molar-refractivity contribution in [2.75, 3.05) is 25.1 Å². The normalized spacial score (nSPS) is 24.2. The molecule has 3 unspecified atom stereocenters. The van der Waals surface area contributed by atoms with Gasteiger partial charge in [0.25, 0.3) is 0 Å². The van der Waals surface area contributed by atoms with Crippen LogP contribution >= 0.6 is 22.9 Å². The molecule has 31 heavy (non-hydrogen) atoms. The molecule has 3 atom stereocenters. The number of fused-ring (bicyclic) bond motifs is 3. The lowest BCUT2D eigenvalue weighted by Gasteiger charge is -2.42. The molecule has 2 aromatic rings. The second-order valence-electron chi connectivity index (χ2n) is 8.97. The van der Waals surface area contributed by atoms with Crippen LogP contribution < -0.4 is 4.90 Å². The van der Waals surface area contributed by atoms with Crippen LogP contribution in [-0.2, 0) is 4.74 Å². The molecule has 0 aliphatic carbocycles. The van der Waals surface area contributed by atoms with E-state index in [4.69, 9.17) is 21.3 Å². The second kappa shape index (κ2) is 10.1. The Morgan fingerprint density at radius 3 is 2.71 bits per heavy atom. The van der Waals surface area contributed by atoms with Gasteiger partial charge in [-0.1, -0.05) is 24.7 Å². The SMILES string of the molecule is CCCC(Cl)CCN(C)C1CC2CCC(C1)N2c1nc2ccc(C(=O)OCC)cc2s1. The first-order valence-corrected chi connectivity index (χ1v) is 13.0. The van der Waals surface area contributed by atoms with Gasteiger partial charge in [-0.15, -0.1) is 11.6 Å². The zero-order chi connectivity index (χ0) is 22.0. The minimum absolute atomic E-state index is 0.263. The standard InChI is InChI=1S/C24H34ClN3O2S/c1-4-6-17(25)11-12-27(3)20-14-18-8-9-19(15-20)28(18)24-26-21-10-7-16(13-22(21)31-24)23(29)30-5-2/h7,10,13,17-20H,4-6,8-9,11-12,14-15H2,1-3H3. The number of anilines is 1. The molecule has 0 spiro atoms. The maximum Gasteiger partial charge on any atom is 0.338 e. The minimum Gasteiger partial charge on any atom is -0.462 e. The molecule has 1 aromatic heterocycles. The number of hydrogen-bond donors (Lipinski definition) is 0. The van der Waals surface area contributed by atoms with Gasteiger partial charge in [0, 0.05) is 23.5 Å². The molecule has 2 fully saturated rings. The van der Waals surface area contributed by atoms with Gasteiger partial charge in [0.05, 0.1) is 22.4 Å². The van der Waals surface area contributed by atoms with Crippen LogP contribution in [0.3, 0.4) is 0 Å². The molecule has 4 rings (SSSR count). The first-order chi connectivity index (χ1) is 15.0. The highest BCUT2D eigenvalue weighted by atomic mass is 35.5. The molecule has 7 heteroatoms. The minimum atomic E-state index is -0.263. The fraction of sp³-hybridized carbons (Fsp3) is 0.667. The lowest BCUT2D eigenvalue weighted by atomic mass is 9.96. The largest absolute Gasteiger partial charge is 0.462 e. The Morgan fingerprint density at radius 1 is 1.29 bits per heavy atom. The lowest BCUT2D eigenvalue weighted by molar-refractivity contribution is 0.0526. The fourth-order valence-electron chi connectivity index (χ4n) is 5.17. The van der Waals surface area contributed by atoms with Crippen molar-refractivity contribution < 1.29 is 9.53 Å². The van der Waals surface area contributed by atoms with Crippen molar-refractivity contribution in [1.29, 1.82) is 0 Å². The van der Waals surface area contributed by atoms with Crippen LogP contribution in [0.15, 0.2) is 18.2 Å². The number of aromatic nitrogens is 1. The third-order valence-electron chi connectivity index (χ3n) is 6.84. The number of benzene rings is 1. The Bertz CT molecular complexity index is 890. The average Bonchev–Trinajstić information content (AvgIpc) is 3.29. The van der Waals surface area contributed by atoms with Crippen LogP contribution in [-0.4, -0.2) is 59.6 Å². The van der Waals surface area contributed by atoms with Gasteiger partial charge >= 0.3 is 5.97 Å². The van der Waals surface area contributed by atoms with Gasteiger partial charge in [-0.3, -0.25) is 0 Å². The summed E-state index contributed by atoms with van der Waals surface area (Å²) < 4.78 is 6.21. The van der Waals surface area contributed by atoms with Gasteiger partial charge in [0.15, 0.2) is 5.13 Å². The molecule has 170 valence electrons. The van der Waals surface area contributed by atoms with E-state index in [1.165, 1.54) is 25.7 Å². The quantitative estimate of drug-likeness (QED) is 0.352. The van der Waals surface area contributed by atoms with Gasteiger partial charge in [-0.25, -0.2) is 9.78 Å². The van der Waals surface area contributed by atoms with E-state index < -0.39 is 0 Å². The number of piperidine rings is 1. The molecule has 0 amide bonds. The van der Waals surface area contributed by atoms with Crippen molar-refractivity contribution in [3.05, 3.63) is 23.8 Å². The molecular weight excluding hydrogens is 430 g/mol. The van der Waals surface area contributed by atoms with Crippen molar-refractivity contribution in [3.63, 3.8) is 0 Å². The van der Waals surface area contributed by atoms with Crippen molar-refractivity contribution in [1.82, 2.24) is 9.88 Å². The Balaban J connectivity index is 1.43. The highest BCUT2D eigenvalue weighted by molar-refractivity contribution is 7.22. The van der Waals surface area contributed by atoms with E-state index in [-0.39, 0.29) is 5.97 Å². The molecule has 1 aromatic carbocycles. The van der Waals surface area contributed by atoms with Crippen molar-refractivity contribution >= 4 is 44.3 Å². The first kappa shape index (κ1) is 22.8. The summed E-state index contributed by atoms with van der Waals surface area (Å²) in [5.41, 5.74) is 1.57. The van der Waals surface area contributed by atoms with E-state index in [2.05, 4.69) is 23.8 Å². The number of rotatable bonds is 9. The third kappa shape index (κ3) is 5.01. The van der Waals surface area contributed by atoms with Gasteiger partial charge in [0.2, 0.25) is 0 Å². The summed E-state index contributed by atoms with van der Waals surface area (Å²) in [6.07, 6.45) is 8.20. The molecule has 3 heterocycles. The molecule has 5 nitrogen and oxygen atoms in total. The van der Waals surface area contributed by atoms with Gasteiger partial charge in [-0.2, -0.15) is 0 Å². The molecule has 2 bridgehead atoms. The molecule has 2 saturated heterocycles. The van der Waals surface area contributed by atoms with Gasteiger partial charge < -0.3 is 14.5 Å². The summed E-state index contributed by atoms with van der Waals surface area (Å²) in [4.78, 5) is 22.1. The molecule has 0 N–H and O–H groups in total. The number of ether oxygens (including phenoxy) is 1. The molecule has 2 aliphatic heterocycles. The summed E-state index contributed by atoms with van der Waals surface area (Å²) in [5, 5.41) is 1.40. The smallest absolute Gasteiger partial charge is 0.338 e. The number of nitrogens with zero attached hydrogens (tertiary/aromatic N) is 3. The summed E-state index contributed by atoms with van der Waals surface area (Å²) in [5.74, 6) is -0.263. The van der Waals surface area contributed by atoms with Gasteiger partial charge in [-0.05, 0) is 77.2 Å². The van der Waals surface area contributed by atoms with Crippen molar-refractivity contribution in [2.24, 2.45) is 0 Å². The number of carbonyl (C=O) groups is 1. The predicted molar refractivity (Wildman–Crippen MR) is 130 cm³/mol. The zero-order valence-corrected chi connectivity index (χ0v) is 20.4. The molecule has 2 aliphatic rings. The summed E-state index contributed by atoms with van der Waals surface area (Å²) in [7, 11) is 2.27. The Labute approximate surface area is 194 Å². The van der Waals surface area contributed by atoms with E-state index >= 15 is 0 Å². The number of thiazole rings is 1. The number of alkyl halides is 1. The number of carbonyl (C=O) groups excluding carboxylic acids is 1. The molecule has 0 saturated carbocycles. The summed E-state index contributed by atoms with van der Waals surface area (Å²) in [6, 6.07) is 7.43. The van der Waals surface area contributed by atoms with Crippen LogP contribution in [0.2, 0.25) is 0 Å². The van der Waals surface area contributed by atoms with E-state index in [9.17, 15) is 4.79 Å². The fourth-order valence-corrected chi connectivity index (χ4v) is 6.63. The number of esters is 1. The monoisotopic (exact) mass is 463 g/mol. The molecular formula is C24H34ClN3O2S. The summed E-state index contributed by atoms with van der Waals surface area (Å²) in [6.45, 7) is 5.50. The maximum absolute atomic E-state index is 12.1.